The number of para-hydroxylation sites is 1. The van der Waals surface area contributed by atoms with E-state index < -0.39 is 23.7 Å². The predicted octanol–water partition coefficient (Wildman–Crippen LogP) is 5.70. The van der Waals surface area contributed by atoms with Crippen molar-refractivity contribution >= 4 is 46.7 Å². The highest BCUT2D eigenvalue weighted by Gasteiger charge is 2.61. The monoisotopic (exact) mass is 588 g/mol. The zero-order chi connectivity index (χ0) is 29.4. The van der Waals surface area contributed by atoms with E-state index in [2.05, 4.69) is 24.3 Å². The fourth-order valence-corrected chi connectivity index (χ4v) is 7.82. The van der Waals surface area contributed by atoms with Gasteiger partial charge in [0.1, 0.15) is 5.75 Å². The zero-order valence-corrected chi connectivity index (χ0v) is 23.6. The van der Waals surface area contributed by atoms with Gasteiger partial charge >= 0.3 is 5.97 Å². The van der Waals surface area contributed by atoms with Gasteiger partial charge in [-0.2, -0.15) is 0 Å². The van der Waals surface area contributed by atoms with E-state index in [1.807, 2.05) is 24.3 Å². The lowest BCUT2D eigenvalue weighted by atomic mass is 9.55. The molecule has 0 spiro atoms. The first-order valence-corrected chi connectivity index (χ1v) is 14.7. The Morgan fingerprint density at radius 3 is 1.86 bits per heavy atom. The van der Waals surface area contributed by atoms with Crippen molar-refractivity contribution in [2.75, 3.05) is 16.3 Å². The van der Waals surface area contributed by atoms with E-state index in [0.29, 0.717) is 16.4 Å². The summed E-state index contributed by atoms with van der Waals surface area (Å²) in [5.74, 6) is -3.15. The van der Waals surface area contributed by atoms with Crippen LogP contribution < -0.4 is 14.5 Å². The molecule has 2 heterocycles. The smallest absolute Gasteiger partial charge is 0.316 e. The number of benzene rings is 4. The van der Waals surface area contributed by atoms with Gasteiger partial charge in [0.15, 0.2) is 0 Å². The van der Waals surface area contributed by atoms with Crippen LogP contribution in [-0.4, -0.2) is 30.2 Å². The summed E-state index contributed by atoms with van der Waals surface area (Å²) in [5, 5.41) is 0.428. The summed E-state index contributed by atoms with van der Waals surface area (Å²) in [6.45, 7) is 0.150. The molecule has 0 aromatic heterocycles. The highest BCUT2D eigenvalue weighted by molar-refractivity contribution is 6.34. The molecular weight excluding hydrogens is 564 g/mol. The molecule has 3 amide bonds. The fraction of sp³-hybridized carbons (Fsp3) is 0.200. The molecule has 2 aliphatic heterocycles. The Morgan fingerprint density at radius 1 is 0.721 bits per heavy atom. The summed E-state index contributed by atoms with van der Waals surface area (Å²) < 4.78 is 5.71. The van der Waals surface area contributed by atoms with E-state index >= 15 is 0 Å². The van der Waals surface area contributed by atoms with E-state index in [-0.39, 0.29) is 48.3 Å². The largest absolute Gasteiger partial charge is 0.426 e. The predicted molar refractivity (Wildman–Crippen MR) is 160 cm³/mol. The van der Waals surface area contributed by atoms with Crippen LogP contribution in [0, 0.1) is 17.8 Å². The second-order valence-corrected chi connectivity index (χ2v) is 12.0. The number of halogens is 1. The van der Waals surface area contributed by atoms with Crippen molar-refractivity contribution in [2.24, 2.45) is 17.8 Å². The summed E-state index contributed by atoms with van der Waals surface area (Å²) in [7, 11) is 0. The molecule has 0 saturated carbocycles. The summed E-state index contributed by atoms with van der Waals surface area (Å²) >= 11 is 6.28. The van der Waals surface area contributed by atoms with Crippen LogP contribution >= 0.6 is 11.6 Å². The van der Waals surface area contributed by atoms with Gasteiger partial charge in [-0.1, -0.05) is 78.3 Å². The van der Waals surface area contributed by atoms with Crippen LogP contribution in [0.3, 0.4) is 0 Å². The first-order chi connectivity index (χ1) is 20.9. The molecule has 0 N–H and O–H groups in total. The van der Waals surface area contributed by atoms with Crippen molar-refractivity contribution in [3.63, 3.8) is 0 Å². The molecule has 2 saturated heterocycles. The summed E-state index contributed by atoms with van der Waals surface area (Å²) in [6.07, 6.45) is 0.0000988. The Balaban J connectivity index is 1.06. The van der Waals surface area contributed by atoms with Crippen molar-refractivity contribution in [3.8, 4) is 5.75 Å². The van der Waals surface area contributed by atoms with Gasteiger partial charge in [-0.15, -0.1) is 0 Å². The lowest BCUT2D eigenvalue weighted by molar-refractivity contribution is -0.139. The minimum atomic E-state index is -0.682. The average molecular weight is 589 g/mol. The van der Waals surface area contributed by atoms with E-state index in [1.165, 1.54) is 9.80 Å². The van der Waals surface area contributed by atoms with Crippen LogP contribution in [0.1, 0.15) is 40.5 Å². The molecule has 0 radical (unpaired) electrons. The van der Waals surface area contributed by atoms with Gasteiger partial charge in [0.25, 0.3) is 0 Å². The second kappa shape index (κ2) is 9.64. The third kappa shape index (κ3) is 3.81. The minimum Gasteiger partial charge on any atom is -0.426 e. The number of anilines is 2. The Morgan fingerprint density at radius 2 is 1.28 bits per heavy atom. The number of hydrogen-bond donors (Lipinski definition) is 0. The number of amides is 3. The highest BCUT2D eigenvalue weighted by Crippen LogP contribution is 2.61. The highest BCUT2D eigenvalue weighted by atomic mass is 35.5. The molecule has 2 bridgehead atoms. The van der Waals surface area contributed by atoms with Crippen LogP contribution in [0.4, 0.5) is 11.4 Å². The van der Waals surface area contributed by atoms with Crippen molar-refractivity contribution in [1.82, 2.24) is 0 Å². The Bertz CT molecular complexity index is 1750. The third-order valence-corrected chi connectivity index (χ3v) is 9.66. The third-order valence-electron chi connectivity index (χ3n) is 9.34. The van der Waals surface area contributed by atoms with E-state index in [9.17, 15) is 19.2 Å². The Hall–Kier alpha value is -4.75. The van der Waals surface area contributed by atoms with Crippen LogP contribution in [0.15, 0.2) is 97.1 Å². The lowest BCUT2D eigenvalue weighted by Gasteiger charge is -2.45. The summed E-state index contributed by atoms with van der Waals surface area (Å²) in [6, 6.07) is 29.7. The molecule has 3 atom stereocenters. The van der Waals surface area contributed by atoms with Gasteiger partial charge in [-0.3, -0.25) is 19.2 Å². The maximum Gasteiger partial charge on any atom is 0.316 e. The molecule has 8 heteroatoms. The molecule has 9 rings (SSSR count). The molecule has 43 heavy (non-hydrogen) atoms. The number of carbonyl (C=O) groups excluding carboxylic acids is 4. The topological polar surface area (TPSA) is 84.0 Å². The quantitative estimate of drug-likeness (QED) is 0.174. The first kappa shape index (κ1) is 25.9. The molecule has 212 valence electrons. The number of imide groups is 1. The standard InChI is InChI=1S/C35H25ClN2O5/c36-26-14-5-6-15-27(26)37-18-19(16-28(37)39)35(42)43-21-9-7-8-20(17-21)38-33(40)31-29-22-10-1-2-11-23(22)30(32(31)34(38)41)25-13-4-3-12-24(25)29/h1-15,17,19,29-32H,16,18H2/t19-,29?,30?,31-,32+/m1/s1. The van der Waals surface area contributed by atoms with Gasteiger partial charge < -0.3 is 9.64 Å². The van der Waals surface area contributed by atoms with Crippen molar-refractivity contribution in [2.45, 2.75) is 18.3 Å². The maximum absolute atomic E-state index is 14.1. The average Bonchev–Trinajstić information content (AvgIpc) is 3.54. The van der Waals surface area contributed by atoms with Crippen LogP contribution in [0.2, 0.25) is 5.02 Å². The number of carbonyl (C=O) groups is 4. The van der Waals surface area contributed by atoms with Crippen molar-refractivity contribution in [1.29, 1.82) is 0 Å². The molecular formula is C35H25ClN2O5. The van der Waals surface area contributed by atoms with Gasteiger partial charge in [-0.25, -0.2) is 4.90 Å². The normalized spacial score (nSPS) is 25.0. The van der Waals surface area contributed by atoms with Gasteiger partial charge in [0.2, 0.25) is 17.7 Å². The number of hydrogen-bond acceptors (Lipinski definition) is 5. The molecule has 3 aliphatic carbocycles. The Labute approximate surface area is 252 Å². The van der Waals surface area contributed by atoms with Crippen LogP contribution in [-0.2, 0) is 19.2 Å². The molecule has 0 unspecified atom stereocenters. The zero-order valence-electron chi connectivity index (χ0n) is 22.9. The number of ether oxygens (including phenoxy) is 1. The summed E-state index contributed by atoms with van der Waals surface area (Å²) in [4.78, 5) is 56.8. The van der Waals surface area contributed by atoms with Crippen molar-refractivity contribution in [3.05, 3.63) is 124 Å². The van der Waals surface area contributed by atoms with E-state index in [0.717, 1.165) is 22.3 Å². The van der Waals surface area contributed by atoms with Crippen LogP contribution in [0.5, 0.6) is 5.75 Å². The molecule has 5 aliphatic rings. The number of nitrogens with zero attached hydrogens (tertiary/aromatic N) is 2. The first-order valence-electron chi connectivity index (χ1n) is 14.3. The number of rotatable bonds is 4. The van der Waals surface area contributed by atoms with Crippen LogP contribution in [0.25, 0.3) is 0 Å². The van der Waals surface area contributed by atoms with Gasteiger partial charge in [0, 0.05) is 30.9 Å². The fourth-order valence-electron chi connectivity index (χ4n) is 7.59. The van der Waals surface area contributed by atoms with E-state index in [1.54, 1.807) is 48.5 Å². The molecule has 2 fully saturated rings. The maximum atomic E-state index is 14.1. The SMILES string of the molecule is O=C(Oc1cccc(N2C(=O)[C@@H]3C4c5ccccc5C(c5ccccc54)[C@@H]3C2=O)c1)[C@@H]1CC(=O)N(c2ccccc2Cl)C1. The lowest BCUT2D eigenvalue weighted by Crippen LogP contribution is -2.41. The summed E-state index contributed by atoms with van der Waals surface area (Å²) in [5.41, 5.74) is 5.34. The number of esters is 1. The minimum absolute atomic E-state index is 0.0000988. The molecule has 4 aromatic carbocycles. The van der Waals surface area contributed by atoms with Gasteiger partial charge in [0.05, 0.1) is 34.2 Å². The van der Waals surface area contributed by atoms with E-state index in [4.69, 9.17) is 16.3 Å². The Kier molecular flexibility index (Phi) is 5.81. The second-order valence-electron chi connectivity index (χ2n) is 11.6. The van der Waals surface area contributed by atoms with Gasteiger partial charge in [-0.05, 0) is 46.5 Å². The van der Waals surface area contributed by atoms with Crippen molar-refractivity contribution < 1.29 is 23.9 Å². The molecule has 4 aromatic rings. The molecule has 7 nitrogen and oxygen atoms in total.